The number of rotatable bonds is 5. The van der Waals surface area contributed by atoms with Crippen LogP contribution in [0.15, 0.2) is 35.2 Å². The van der Waals surface area contributed by atoms with Gasteiger partial charge in [-0.1, -0.05) is 17.7 Å². The molecular formula is C23H30N2O4S. The van der Waals surface area contributed by atoms with Gasteiger partial charge in [0.05, 0.1) is 17.9 Å². The summed E-state index contributed by atoms with van der Waals surface area (Å²) in [6, 6.07) is 8.92. The number of aryl methyl sites for hydroxylation is 4. The van der Waals surface area contributed by atoms with Gasteiger partial charge in [-0.2, -0.15) is 4.31 Å². The molecule has 6 nitrogen and oxygen atoms in total. The Morgan fingerprint density at radius 2 is 1.73 bits per heavy atom. The van der Waals surface area contributed by atoms with Gasteiger partial charge in [0, 0.05) is 18.8 Å². The summed E-state index contributed by atoms with van der Waals surface area (Å²) in [5.74, 6) is 0.137. The summed E-state index contributed by atoms with van der Waals surface area (Å²) < 4.78 is 33.0. The largest absolute Gasteiger partial charge is 0.496 e. The number of nitrogens with zero attached hydrogens (tertiary/aromatic N) is 1. The van der Waals surface area contributed by atoms with Crippen molar-refractivity contribution in [1.29, 1.82) is 0 Å². The van der Waals surface area contributed by atoms with Crippen molar-refractivity contribution in [3.05, 3.63) is 52.6 Å². The van der Waals surface area contributed by atoms with Crippen LogP contribution < -0.4 is 10.1 Å². The maximum Gasteiger partial charge on any atom is 0.243 e. The summed E-state index contributed by atoms with van der Waals surface area (Å²) in [5, 5.41) is 3.03. The molecule has 1 heterocycles. The second-order valence-electron chi connectivity index (χ2n) is 8.10. The molecule has 1 N–H and O–H groups in total. The number of anilines is 1. The molecule has 2 aromatic carbocycles. The van der Waals surface area contributed by atoms with E-state index in [0.717, 1.165) is 27.9 Å². The minimum Gasteiger partial charge on any atom is -0.496 e. The quantitative estimate of drug-likeness (QED) is 0.779. The Labute approximate surface area is 179 Å². The molecule has 0 radical (unpaired) electrons. The van der Waals surface area contributed by atoms with Crippen LogP contribution >= 0.6 is 0 Å². The van der Waals surface area contributed by atoms with Gasteiger partial charge in [0.25, 0.3) is 0 Å². The third-order valence-corrected chi connectivity index (χ3v) is 7.55. The predicted molar refractivity (Wildman–Crippen MR) is 118 cm³/mol. The molecule has 1 amide bonds. The van der Waals surface area contributed by atoms with E-state index in [1.165, 1.54) is 4.31 Å². The standard InChI is InChI=1S/C23H30N2O4S/c1-15-11-17(3)22(18(4)12-15)24-23(26)19-7-6-10-25(14-19)30(27,28)20-8-9-21(29-5)16(2)13-20/h8-9,11-13,19H,6-7,10,14H2,1-5H3,(H,24,26)/t19-/m1/s1. The Bertz CT molecular complexity index is 1040. The lowest BCUT2D eigenvalue weighted by Crippen LogP contribution is -2.43. The lowest BCUT2D eigenvalue weighted by Gasteiger charge is -2.31. The molecule has 1 aliphatic heterocycles. The predicted octanol–water partition coefficient (Wildman–Crippen LogP) is 3.97. The topological polar surface area (TPSA) is 75.7 Å². The zero-order chi connectivity index (χ0) is 22.1. The first-order valence-electron chi connectivity index (χ1n) is 10.2. The molecule has 3 rings (SSSR count). The van der Waals surface area contributed by atoms with Crippen LogP contribution in [0, 0.1) is 33.6 Å². The molecular weight excluding hydrogens is 400 g/mol. The minimum atomic E-state index is -3.67. The van der Waals surface area contributed by atoms with Gasteiger partial charge in [0.2, 0.25) is 15.9 Å². The highest BCUT2D eigenvalue weighted by molar-refractivity contribution is 7.89. The summed E-state index contributed by atoms with van der Waals surface area (Å²) in [6.45, 7) is 8.38. The zero-order valence-electron chi connectivity index (χ0n) is 18.3. The van der Waals surface area contributed by atoms with E-state index in [-0.39, 0.29) is 23.3 Å². The van der Waals surface area contributed by atoms with E-state index in [1.807, 2.05) is 39.8 Å². The molecule has 30 heavy (non-hydrogen) atoms. The number of hydrogen-bond donors (Lipinski definition) is 1. The number of sulfonamides is 1. The number of hydrogen-bond acceptors (Lipinski definition) is 4. The number of piperidine rings is 1. The van der Waals surface area contributed by atoms with Crippen molar-refractivity contribution < 1.29 is 17.9 Å². The Morgan fingerprint density at radius 1 is 1.07 bits per heavy atom. The van der Waals surface area contributed by atoms with Gasteiger partial charge < -0.3 is 10.1 Å². The highest BCUT2D eigenvalue weighted by Crippen LogP contribution is 2.29. The summed E-state index contributed by atoms with van der Waals surface area (Å²) in [4.78, 5) is 13.2. The molecule has 0 spiro atoms. The number of carbonyl (C=O) groups is 1. The zero-order valence-corrected chi connectivity index (χ0v) is 19.1. The van der Waals surface area contributed by atoms with Crippen LogP contribution in [-0.4, -0.2) is 38.8 Å². The van der Waals surface area contributed by atoms with Crippen LogP contribution in [0.1, 0.15) is 35.1 Å². The van der Waals surface area contributed by atoms with E-state index >= 15 is 0 Å². The first kappa shape index (κ1) is 22.3. The van der Waals surface area contributed by atoms with Crippen LogP contribution in [0.5, 0.6) is 5.75 Å². The van der Waals surface area contributed by atoms with Gasteiger partial charge in [-0.05, 0) is 75.4 Å². The number of benzene rings is 2. The van der Waals surface area contributed by atoms with Crippen molar-refractivity contribution in [2.24, 2.45) is 5.92 Å². The monoisotopic (exact) mass is 430 g/mol. The van der Waals surface area contributed by atoms with Gasteiger partial charge in [-0.3, -0.25) is 4.79 Å². The van der Waals surface area contributed by atoms with Crippen LogP contribution in [0.3, 0.4) is 0 Å². The van der Waals surface area contributed by atoms with Gasteiger partial charge >= 0.3 is 0 Å². The Kier molecular flexibility index (Phi) is 6.53. The molecule has 1 atom stereocenters. The van der Waals surface area contributed by atoms with E-state index in [2.05, 4.69) is 5.32 Å². The van der Waals surface area contributed by atoms with E-state index in [0.29, 0.717) is 25.1 Å². The molecule has 162 valence electrons. The first-order valence-corrected chi connectivity index (χ1v) is 11.6. The smallest absolute Gasteiger partial charge is 0.243 e. The fourth-order valence-electron chi connectivity index (χ4n) is 4.14. The SMILES string of the molecule is COc1ccc(S(=O)(=O)N2CCC[C@@H](C(=O)Nc3c(C)cc(C)cc3C)C2)cc1C. The minimum absolute atomic E-state index is 0.129. The molecule has 0 saturated carbocycles. The molecule has 1 aliphatic rings. The highest BCUT2D eigenvalue weighted by atomic mass is 32.2. The third kappa shape index (κ3) is 4.52. The van der Waals surface area contributed by atoms with E-state index in [1.54, 1.807) is 25.3 Å². The summed E-state index contributed by atoms with van der Waals surface area (Å²) in [7, 11) is -2.12. The third-order valence-electron chi connectivity index (χ3n) is 5.68. The van der Waals surface area contributed by atoms with Crippen molar-refractivity contribution >= 4 is 21.6 Å². The van der Waals surface area contributed by atoms with E-state index in [4.69, 9.17) is 4.74 Å². The molecule has 1 saturated heterocycles. The van der Waals surface area contributed by atoms with Crippen LogP contribution in [-0.2, 0) is 14.8 Å². The number of amides is 1. The molecule has 0 unspecified atom stereocenters. The molecule has 0 bridgehead atoms. The van der Waals surface area contributed by atoms with Gasteiger partial charge in [-0.15, -0.1) is 0 Å². The lowest BCUT2D eigenvalue weighted by atomic mass is 9.98. The van der Waals surface area contributed by atoms with Crippen molar-refractivity contribution in [2.45, 2.75) is 45.4 Å². The Balaban J connectivity index is 1.78. The summed E-state index contributed by atoms with van der Waals surface area (Å²) >= 11 is 0. The number of carbonyl (C=O) groups excluding carboxylic acids is 1. The van der Waals surface area contributed by atoms with Crippen molar-refractivity contribution in [2.75, 3.05) is 25.5 Å². The molecule has 0 aromatic heterocycles. The van der Waals surface area contributed by atoms with Crippen LogP contribution in [0.25, 0.3) is 0 Å². The molecule has 2 aromatic rings. The first-order chi connectivity index (χ1) is 14.1. The number of nitrogens with one attached hydrogen (secondary N) is 1. The Hall–Kier alpha value is -2.38. The number of methoxy groups -OCH3 is 1. The van der Waals surface area contributed by atoms with Crippen molar-refractivity contribution in [1.82, 2.24) is 4.31 Å². The molecule has 0 aliphatic carbocycles. The van der Waals surface area contributed by atoms with Crippen LogP contribution in [0.4, 0.5) is 5.69 Å². The second kappa shape index (κ2) is 8.78. The van der Waals surface area contributed by atoms with E-state index in [9.17, 15) is 13.2 Å². The lowest BCUT2D eigenvalue weighted by molar-refractivity contribution is -0.120. The van der Waals surface area contributed by atoms with Gasteiger partial charge in [0.15, 0.2) is 0 Å². The summed E-state index contributed by atoms with van der Waals surface area (Å²) in [5.41, 5.74) is 4.74. The van der Waals surface area contributed by atoms with Crippen molar-refractivity contribution in [3.8, 4) is 5.75 Å². The fraction of sp³-hybridized carbons (Fsp3) is 0.435. The Morgan fingerprint density at radius 3 is 2.33 bits per heavy atom. The average Bonchev–Trinajstić information content (AvgIpc) is 2.70. The van der Waals surface area contributed by atoms with Gasteiger partial charge in [0.1, 0.15) is 5.75 Å². The fourth-order valence-corrected chi connectivity index (χ4v) is 5.75. The maximum absolute atomic E-state index is 13.2. The highest BCUT2D eigenvalue weighted by Gasteiger charge is 2.33. The number of ether oxygens (including phenoxy) is 1. The molecule has 7 heteroatoms. The van der Waals surface area contributed by atoms with Gasteiger partial charge in [-0.25, -0.2) is 8.42 Å². The maximum atomic E-state index is 13.2. The van der Waals surface area contributed by atoms with E-state index < -0.39 is 10.0 Å². The second-order valence-corrected chi connectivity index (χ2v) is 10.0. The normalized spacial score (nSPS) is 17.6. The van der Waals surface area contributed by atoms with Crippen molar-refractivity contribution in [3.63, 3.8) is 0 Å². The molecule has 1 fully saturated rings. The summed E-state index contributed by atoms with van der Waals surface area (Å²) in [6.07, 6.45) is 1.32. The average molecular weight is 431 g/mol. The van der Waals surface area contributed by atoms with Crippen LogP contribution in [0.2, 0.25) is 0 Å².